The summed E-state index contributed by atoms with van der Waals surface area (Å²) in [4.78, 5) is 11.9. The minimum absolute atomic E-state index is 0.424. The molecule has 0 radical (unpaired) electrons. The fourth-order valence-corrected chi connectivity index (χ4v) is 1.86. The molecule has 1 atom stereocenters. The maximum absolute atomic E-state index is 11.9. The molecule has 104 valence electrons. The number of nitrogens with one attached hydrogen (secondary N) is 1. The third-order valence-corrected chi connectivity index (χ3v) is 3.14. The number of hydrogen-bond acceptors (Lipinski definition) is 3. The van der Waals surface area contributed by atoms with E-state index in [1.165, 1.54) is 0 Å². The van der Waals surface area contributed by atoms with Crippen molar-refractivity contribution < 1.29 is 9.90 Å². The zero-order chi connectivity index (χ0) is 14.5. The van der Waals surface area contributed by atoms with E-state index in [1.54, 1.807) is 48.5 Å². The van der Waals surface area contributed by atoms with Gasteiger partial charge in [0, 0.05) is 17.3 Å². The van der Waals surface area contributed by atoms with Crippen LogP contribution in [0.2, 0.25) is 5.02 Å². The lowest BCUT2D eigenvalue weighted by molar-refractivity contribution is -0.124. The summed E-state index contributed by atoms with van der Waals surface area (Å²) in [6.07, 6.45) is -1.22. The van der Waals surface area contributed by atoms with Gasteiger partial charge in [0.15, 0.2) is 6.10 Å². The molecule has 0 fully saturated rings. The maximum atomic E-state index is 11.9. The summed E-state index contributed by atoms with van der Waals surface area (Å²) in [6.45, 7) is 0.424. The summed E-state index contributed by atoms with van der Waals surface area (Å²) in [5.41, 5.74) is 7.54. The van der Waals surface area contributed by atoms with Gasteiger partial charge in [0.1, 0.15) is 0 Å². The van der Waals surface area contributed by atoms with E-state index in [2.05, 4.69) is 5.32 Å². The van der Waals surface area contributed by atoms with Crippen molar-refractivity contribution in [1.29, 1.82) is 0 Å². The molecule has 0 heterocycles. The molecule has 0 aliphatic heterocycles. The van der Waals surface area contributed by atoms with E-state index >= 15 is 0 Å². The minimum atomic E-state index is -1.22. The lowest BCUT2D eigenvalue weighted by atomic mass is 10.1. The molecule has 0 bridgehead atoms. The Morgan fingerprint density at radius 3 is 2.30 bits per heavy atom. The van der Waals surface area contributed by atoms with Gasteiger partial charge in [-0.2, -0.15) is 0 Å². The van der Waals surface area contributed by atoms with Crippen LogP contribution in [-0.4, -0.2) is 11.0 Å². The van der Waals surface area contributed by atoms with Gasteiger partial charge in [0.25, 0.3) is 5.91 Å². The molecular weight excluding hydrogens is 276 g/mol. The minimum Gasteiger partial charge on any atom is -0.378 e. The second-order valence-electron chi connectivity index (χ2n) is 4.34. The van der Waals surface area contributed by atoms with Gasteiger partial charge >= 0.3 is 0 Å². The molecule has 0 saturated heterocycles. The Balaban J connectivity index is 2.05. The number of carbonyl (C=O) groups is 1. The number of carbonyl (C=O) groups excluding carboxylic acids is 1. The quantitative estimate of drug-likeness (QED) is 0.810. The second-order valence-corrected chi connectivity index (χ2v) is 4.78. The first-order chi connectivity index (χ1) is 9.60. The van der Waals surface area contributed by atoms with Crippen LogP contribution in [0.25, 0.3) is 0 Å². The predicted molar refractivity (Wildman–Crippen MR) is 79.4 cm³/mol. The van der Waals surface area contributed by atoms with Gasteiger partial charge in [-0.1, -0.05) is 35.9 Å². The summed E-state index contributed by atoms with van der Waals surface area (Å²) < 4.78 is 0. The average molecular weight is 291 g/mol. The van der Waals surface area contributed by atoms with Crippen LogP contribution in [0.5, 0.6) is 0 Å². The molecule has 0 aromatic heterocycles. The Morgan fingerprint density at radius 1 is 1.15 bits per heavy atom. The highest BCUT2D eigenvalue weighted by Gasteiger charge is 2.17. The molecule has 0 aliphatic carbocycles. The van der Waals surface area contributed by atoms with E-state index in [0.29, 0.717) is 22.8 Å². The lowest BCUT2D eigenvalue weighted by Gasteiger charge is -2.12. The number of benzene rings is 2. The predicted octanol–water partition coefficient (Wildman–Crippen LogP) is 2.47. The molecule has 0 aliphatic rings. The van der Waals surface area contributed by atoms with Crippen molar-refractivity contribution in [2.75, 3.05) is 5.32 Å². The first-order valence-electron chi connectivity index (χ1n) is 6.13. The Hall–Kier alpha value is -1.88. The van der Waals surface area contributed by atoms with Crippen molar-refractivity contribution in [3.8, 4) is 0 Å². The number of aliphatic hydroxyl groups excluding tert-OH is 1. The zero-order valence-electron chi connectivity index (χ0n) is 10.7. The average Bonchev–Trinajstić information content (AvgIpc) is 2.49. The van der Waals surface area contributed by atoms with Crippen molar-refractivity contribution in [2.24, 2.45) is 5.73 Å². The van der Waals surface area contributed by atoms with Gasteiger partial charge in [0.2, 0.25) is 0 Å². The van der Waals surface area contributed by atoms with E-state index < -0.39 is 12.0 Å². The van der Waals surface area contributed by atoms with Gasteiger partial charge in [-0.3, -0.25) is 4.79 Å². The molecule has 0 saturated carbocycles. The summed E-state index contributed by atoms with van der Waals surface area (Å²) in [5, 5.41) is 13.2. The third kappa shape index (κ3) is 3.57. The SMILES string of the molecule is NCc1ccc(C(O)C(=O)Nc2ccc(Cl)cc2)cc1. The number of nitrogens with two attached hydrogens (primary N) is 1. The molecule has 0 spiro atoms. The maximum Gasteiger partial charge on any atom is 0.257 e. The number of halogens is 1. The molecule has 5 heteroatoms. The van der Waals surface area contributed by atoms with Crippen LogP contribution < -0.4 is 11.1 Å². The molecule has 1 unspecified atom stereocenters. The van der Waals surface area contributed by atoms with E-state index in [9.17, 15) is 9.90 Å². The van der Waals surface area contributed by atoms with Gasteiger partial charge in [0.05, 0.1) is 0 Å². The Morgan fingerprint density at radius 2 is 1.75 bits per heavy atom. The first-order valence-corrected chi connectivity index (χ1v) is 6.51. The zero-order valence-corrected chi connectivity index (χ0v) is 11.5. The summed E-state index contributed by atoms with van der Waals surface area (Å²) in [5.74, 6) is -0.493. The van der Waals surface area contributed by atoms with Gasteiger partial charge in [-0.15, -0.1) is 0 Å². The van der Waals surface area contributed by atoms with E-state index in [4.69, 9.17) is 17.3 Å². The first kappa shape index (κ1) is 14.5. The highest BCUT2D eigenvalue weighted by atomic mass is 35.5. The van der Waals surface area contributed by atoms with E-state index in [0.717, 1.165) is 5.56 Å². The number of amides is 1. The molecule has 2 aromatic rings. The fraction of sp³-hybridized carbons (Fsp3) is 0.133. The molecule has 2 rings (SSSR count). The number of hydrogen-bond donors (Lipinski definition) is 3. The smallest absolute Gasteiger partial charge is 0.257 e. The summed E-state index contributed by atoms with van der Waals surface area (Å²) in [7, 11) is 0. The molecule has 20 heavy (non-hydrogen) atoms. The standard InChI is InChI=1S/C15H15ClN2O2/c16-12-5-7-13(8-6-12)18-15(20)14(19)11-3-1-10(9-17)2-4-11/h1-8,14,19H,9,17H2,(H,18,20). The number of aliphatic hydroxyl groups is 1. The third-order valence-electron chi connectivity index (χ3n) is 2.89. The van der Waals surface area contributed by atoms with Gasteiger partial charge in [-0.25, -0.2) is 0 Å². The van der Waals surface area contributed by atoms with Crippen LogP contribution in [0, 0.1) is 0 Å². The van der Waals surface area contributed by atoms with Gasteiger partial charge in [-0.05, 0) is 35.4 Å². The van der Waals surface area contributed by atoms with Crippen LogP contribution in [0.3, 0.4) is 0 Å². The van der Waals surface area contributed by atoms with Crippen LogP contribution in [0.15, 0.2) is 48.5 Å². The van der Waals surface area contributed by atoms with E-state index in [1.807, 2.05) is 0 Å². The van der Waals surface area contributed by atoms with Crippen LogP contribution >= 0.6 is 11.6 Å². The topological polar surface area (TPSA) is 75.3 Å². The monoisotopic (exact) mass is 290 g/mol. The van der Waals surface area contributed by atoms with Crippen LogP contribution in [0.4, 0.5) is 5.69 Å². The Kier molecular flexibility index (Phi) is 4.74. The van der Waals surface area contributed by atoms with E-state index in [-0.39, 0.29) is 0 Å². The number of rotatable bonds is 4. The van der Waals surface area contributed by atoms with Crippen molar-refractivity contribution >= 4 is 23.2 Å². The van der Waals surface area contributed by atoms with Crippen molar-refractivity contribution in [2.45, 2.75) is 12.6 Å². The summed E-state index contributed by atoms with van der Waals surface area (Å²) >= 11 is 5.76. The lowest BCUT2D eigenvalue weighted by Crippen LogP contribution is -2.20. The van der Waals surface area contributed by atoms with Crippen LogP contribution in [0.1, 0.15) is 17.2 Å². The summed E-state index contributed by atoms with van der Waals surface area (Å²) in [6, 6.07) is 13.6. The van der Waals surface area contributed by atoms with Crippen molar-refractivity contribution in [3.05, 3.63) is 64.7 Å². The molecule has 4 nitrogen and oxygen atoms in total. The normalized spacial score (nSPS) is 11.9. The van der Waals surface area contributed by atoms with Crippen LogP contribution in [-0.2, 0) is 11.3 Å². The van der Waals surface area contributed by atoms with Crippen molar-refractivity contribution in [3.63, 3.8) is 0 Å². The Labute approximate surface area is 122 Å². The fourth-order valence-electron chi connectivity index (χ4n) is 1.73. The number of anilines is 1. The van der Waals surface area contributed by atoms with Crippen molar-refractivity contribution in [1.82, 2.24) is 0 Å². The molecular formula is C15H15ClN2O2. The molecule has 4 N–H and O–H groups in total. The molecule has 2 aromatic carbocycles. The molecule has 1 amide bonds. The van der Waals surface area contributed by atoms with Gasteiger partial charge < -0.3 is 16.2 Å². The highest BCUT2D eigenvalue weighted by Crippen LogP contribution is 2.18. The largest absolute Gasteiger partial charge is 0.378 e. The Bertz CT molecular complexity index is 582. The second kappa shape index (κ2) is 6.52. The highest BCUT2D eigenvalue weighted by molar-refractivity contribution is 6.30.